The number of hydrogen-bond donors (Lipinski definition) is 3. The Bertz CT molecular complexity index is 567. The van der Waals surface area contributed by atoms with Crippen LogP contribution in [-0.2, 0) is 16.0 Å². The molecule has 0 spiro atoms. The second-order valence-corrected chi connectivity index (χ2v) is 5.81. The SMILES string of the molecule is CC(O)(CNC(=O)C1(Cc2ccccc2F)CC1)C(=O)O. The van der Waals surface area contributed by atoms with E-state index in [-0.39, 0.29) is 24.7 Å². The summed E-state index contributed by atoms with van der Waals surface area (Å²) in [7, 11) is 0. The van der Waals surface area contributed by atoms with E-state index in [1.807, 2.05) is 0 Å². The summed E-state index contributed by atoms with van der Waals surface area (Å²) in [5.41, 5.74) is -2.23. The van der Waals surface area contributed by atoms with Crippen LogP contribution >= 0.6 is 0 Å². The van der Waals surface area contributed by atoms with Gasteiger partial charge in [-0.25, -0.2) is 9.18 Å². The third-order valence-corrected chi connectivity index (χ3v) is 3.88. The lowest BCUT2D eigenvalue weighted by Gasteiger charge is -2.21. The van der Waals surface area contributed by atoms with Crippen LogP contribution in [0.3, 0.4) is 0 Å². The second kappa shape index (κ2) is 5.44. The summed E-state index contributed by atoms with van der Waals surface area (Å²) in [6.45, 7) is 0.742. The minimum Gasteiger partial charge on any atom is -0.479 e. The normalized spacial score (nSPS) is 18.6. The molecule has 1 fully saturated rings. The maximum absolute atomic E-state index is 13.6. The van der Waals surface area contributed by atoms with E-state index in [9.17, 15) is 19.1 Å². The zero-order chi connectivity index (χ0) is 15.7. The molecule has 1 amide bonds. The van der Waals surface area contributed by atoms with Crippen LogP contribution in [0.1, 0.15) is 25.3 Å². The molecule has 0 radical (unpaired) electrons. The predicted octanol–water partition coefficient (Wildman–Crippen LogP) is 1.10. The number of carbonyl (C=O) groups is 2. The molecule has 6 heteroatoms. The van der Waals surface area contributed by atoms with E-state index in [1.165, 1.54) is 6.07 Å². The average Bonchev–Trinajstić information content (AvgIpc) is 3.19. The molecule has 21 heavy (non-hydrogen) atoms. The largest absolute Gasteiger partial charge is 0.479 e. The summed E-state index contributed by atoms with van der Waals surface area (Å²) in [6.07, 6.45) is 1.53. The van der Waals surface area contributed by atoms with Crippen molar-refractivity contribution in [2.45, 2.75) is 31.8 Å². The highest BCUT2D eigenvalue weighted by Crippen LogP contribution is 2.48. The molecule has 1 atom stereocenters. The van der Waals surface area contributed by atoms with Crippen molar-refractivity contribution in [3.8, 4) is 0 Å². The molecular weight excluding hydrogens is 277 g/mol. The number of carboxylic acids is 1. The number of hydrogen-bond acceptors (Lipinski definition) is 3. The summed E-state index contributed by atoms with van der Waals surface area (Å²) < 4.78 is 13.6. The van der Waals surface area contributed by atoms with Crippen LogP contribution in [0.25, 0.3) is 0 Å². The first-order valence-corrected chi connectivity index (χ1v) is 6.74. The van der Waals surface area contributed by atoms with Crippen molar-refractivity contribution in [3.63, 3.8) is 0 Å². The first kappa shape index (κ1) is 15.4. The zero-order valence-electron chi connectivity index (χ0n) is 11.7. The van der Waals surface area contributed by atoms with Crippen molar-refractivity contribution >= 4 is 11.9 Å². The molecular formula is C15H18FNO4. The number of aliphatic carboxylic acids is 1. The van der Waals surface area contributed by atoms with Gasteiger partial charge in [0.1, 0.15) is 5.82 Å². The van der Waals surface area contributed by atoms with E-state index < -0.39 is 17.0 Å². The van der Waals surface area contributed by atoms with Gasteiger partial charge < -0.3 is 15.5 Å². The van der Waals surface area contributed by atoms with Gasteiger partial charge in [-0.1, -0.05) is 18.2 Å². The summed E-state index contributed by atoms with van der Waals surface area (Å²) in [5.74, 6) is -2.09. The van der Waals surface area contributed by atoms with Crippen LogP contribution in [0.15, 0.2) is 24.3 Å². The fourth-order valence-corrected chi connectivity index (χ4v) is 2.16. The van der Waals surface area contributed by atoms with Gasteiger partial charge in [-0.2, -0.15) is 0 Å². The first-order chi connectivity index (χ1) is 9.77. The van der Waals surface area contributed by atoms with Crippen molar-refractivity contribution < 1.29 is 24.2 Å². The molecule has 0 heterocycles. The zero-order valence-corrected chi connectivity index (χ0v) is 11.7. The predicted molar refractivity (Wildman–Crippen MR) is 73.0 cm³/mol. The lowest BCUT2D eigenvalue weighted by Crippen LogP contribution is -2.48. The maximum Gasteiger partial charge on any atom is 0.337 e. The Labute approximate surface area is 121 Å². The monoisotopic (exact) mass is 295 g/mol. The van der Waals surface area contributed by atoms with Gasteiger partial charge in [0.15, 0.2) is 5.60 Å². The number of nitrogens with one attached hydrogen (secondary N) is 1. The average molecular weight is 295 g/mol. The molecule has 0 bridgehead atoms. The molecule has 3 N–H and O–H groups in total. The lowest BCUT2D eigenvalue weighted by molar-refractivity contribution is -0.156. The smallest absolute Gasteiger partial charge is 0.337 e. The fourth-order valence-electron chi connectivity index (χ4n) is 2.16. The highest BCUT2D eigenvalue weighted by Gasteiger charge is 2.50. The molecule has 114 valence electrons. The Morgan fingerprint density at radius 2 is 2.00 bits per heavy atom. The molecule has 1 aromatic carbocycles. The van der Waals surface area contributed by atoms with Gasteiger partial charge in [-0.3, -0.25) is 4.79 Å². The standard InChI is InChI=1S/C15H18FNO4/c1-14(21,13(19)20)9-17-12(18)15(6-7-15)8-10-4-2-3-5-11(10)16/h2-5,21H,6-9H2,1H3,(H,17,18)(H,19,20). The van der Waals surface area contributed by atoms with E-state index in [0.29, 0.717) is 18.4 Å². The van der Waals surface area contributed by atoms with E-state index in [1.54, 1.807) is 18.2 Å². The van der Waals surface area contributed by atoms with Crippen molar-refractivity contribution in [2.75, 3.05) is 6.54 Å². The minimum absolute atomic E-state index is 0.278. The van der Waals surface area contributed by atoms with Gasteiger partial charge in [-0.05, 0) is 37.8 Å². The Kier molecular flexibility index (Phi) is 4.00. The molecule has 0 aromatic heterocycles. The van der Waals surface area contributed by atoms with Gasteiger partial charge in [0.2, 0.25) is 5.91 Å². The van der Waals surface area contributed by atoms with Crippen LogP contribution in [-0.4, -0.2) is 34.2 Å². The molecule has 2 rings (SSSR count). The lowest BCUT2D eigenvalue weighted by atomic mass is 9.94. The van der Waals surface area contributed by atoms with Crippen molar-refractivity contribution in [1.29, 1.82) is 0 Å². The number of rotatable bonds is 6. The Morgan fingerprint density at radius 3 is 2.52 bits per heavy atom. The molecule has 1 saturated carbocycles. The highest BCUT2D eigenvalue weighted by atomic mass is 19.1. The van der Waals surface area contributed by atoms with E-state index >= 15 is 0 Å². The Balaban J connectivity index is 1.99. The highest BCUT2D eigenvalue weighted by molar-refractivity contribution is 5.86. The van der Waals surface area contributed by atoms with Crippen molar-refractivity contribution in [2.24, 2.45) is 5.41 Å². The summed E-state index contributed by atoms with van der Waals surface area (Å²) in [6, 6.07) is 6.28. The van der Waals surface area contributed by atoms with E-state index in [0.717, 1.165) is 6.92 Å². The minimum atomic E-state index is -2.01. The van der Waals surface area contributed by atoms with Crippen LogP contribution < -0.4 is 5.32 Å². The second-order valence-electron chi connectivity index (χ2n) is 5.81. The van der Waals surface area contributed by atoms with Crippen LogP contribution in [0.4, 0.5) is 4.39 Å². The number of benzene rings is 1. The van der Waals surface area contributed by atoms with Crippen molar-refractivity contribution in [3.05, 3.63) is 35.6 Å². The quantitative estimate of drug-likeness (QED) is 0.733. The van der Waals surface area contributed by atoms with Crippen LogP contribution in [0.5, 0.6) is 0 Å². The van der Waals surface area contributed by atoms with Gasteiger partial charge in [0, 0.05) is 0 Å². The van der Waals surface area contributed by atoms with Gasteiger partial charge in [-0.15, -0.1) is 0 Å². The number of halogens is 1. The van der Waals surface area contributed by atoms with Gasteiger partial charge >= 0.3 is 5.97 Å². The van der Waals surface area contributed by atoms with Gasteiger partial charge in [0.05, 0.1) is 12.0 Å². The Hall–Kier alpha value is -1.95. The Morgan fingerprint density at radius 1 is 1.38 bits per heavy atom. The number of carboxylic acid groups (broad SMARTS) is 1. The third-order valence-electron chi connectivity index (χ3n) is 3.88. The molecule has 1 aliphatic carbocycles. The fraction of sp³-hybridized carbons (Fsp3) is 0.467. The maximum atomic E-state index is 13.6. The van der Waals surface area contributed by atoms with Crippen molar-refractivity contribution in [1.82, 2.24) is 5.32 Å². The van der Waals surface area contributed by atoms with Gasteiger partial charge in [0.25, 0.3) is 0 Å². The number of amides is 1. The summed E-state index contributed by atoms with van der Waals surface area (Å²) in [4.78, 5) is 23.0. The number of aliphatic hydroxyl groups is 1. The molecule has 1 aliphatic rings. The first-order valence-electron chi connectivity index (χ1n) is 6.74. The summed E-state index contributed by atoms with van der Waals surface area (Å²) >= 11 is 0. The van der Waals surface area contributed by atoms with E-state index in [2.05, 4.69) is 5.32 Å². The molecule has 0 saturated heterocycles. The molecule has 5 nitrogen and oxygen atoms in total. The van der Waals surface area contributed by atoms with E-state index in [4.69, 9.17) is 5.11 Å². The third kappa shape index (κ3) is 3.39. The topological polar surface area (TPSA) is 86.6 Å². The summed E-state index contributed by atoms with van der Waals surface area (Å²) in [5, 5.41) is 20.8. The van der Waals surface area contributed by atoms with Crippen LogP contribution in [0, 0.1) is 11.2 Å². The molecule has 1 aromatic rings. The van der Waals surface area contributed by atoms with Crippen LogP contribution in [0.2, 0.25) is 0 Å². The molecule has 0 aliphatic heterocycles. The number of carbonyl (C=O) groups excluding carboxylic acids is 1. The molecule has 1 unspecified atom stereocenters.